The summed E-state index contributed by atoms with van der Waals surface area (Å²) in [5.41, 5.74) is 0.662. The van der Waals surface area contributed by atoms with Gasteiger partial charge in [-0.1, -0.05) is 18.2 Å². The van der Waals surface area contributed by atoms with Crippen LogP contribution in [0.1, 0.15) is 0 Å². The molecular weight excluding hydrogens is 223 g/mol. The molecule has 0 aliphatic rings. The topological polar surface area (TPSA) is 99.3 Å². The summed E-state index contributed by atoms with van der Waals surface area (Å²) >= 11 is 0. The predicted molar refractivity (Wildman–Crippen MR) is 53.8 cm³/mol. The molecule has 0 unspecified atom stereocenters. The Morgan fingerprint density at radius 3 is 2.31 bits per heavy atom. The number of hydrogen-bond acceptors (Lipinski definition) is 5. The van der Waals surface area contributed by atoms with Gasteiger partial charge in [-0.3, -0.25) is 4.98 Å². The van der Waals surface area contributed by atoms with E-state index in [9.17, 15) is 5.11 Å². The third-order valence-corrected chi connectivity index (χ3v) is 1.61. The molecule has 6 nitrogen and oxygen atoms in total. The molecule has 78 valence electrons. The number of phenols is 1. The number of nitrogens with zero attached hydrogens (tertiary/aromatic N) is 2. The van der Waals surface area contributed by atoms with Crippen LogP contribution >= 0.6 is 0 Å². The van der Waals surface area contributed by atoms with E-state index in [1.54, 1.807) is 18.3 Å². The Balaban J connectivity index is 0.000000397. The minimum Gasteiger partial charge on any atom is -0.506 e. The fourth-order valence-corrected chi connectivity index (χ4v) is 1.09. The Labute approximate surface area is 113 Å². The quantitative estimate of drug-likeness (QED) is 0.344. The molecule has 2 rings (SSSR count). The van der Waals surface area contributed by atoms with Crippen molar-refractivity contribution in [3.05, 3.63) is 51.9 Å². The number of hydrogen-bond donors (Lipinski definition) is 1. The molecule has 0 fully saturated rings. The standard InChI is InChI=1S/C9H7NO.NO3.Na/c11-8-5-1-3-7-4-2-6-10-9(7)8;2-1(3)4;/h1-6,11H;;/q;-1;+1. The molecule has 0 bridgehead atoms. The fraction of sp³-hybridized carbons (Fsp3) is 0. The first kappa shape index (κ1) is 14.6. The third kappa shape index (κ3) is 4.43. The van der Waals surface area contributed by atoms with Gasteiger partial charge in [0, 0.05) is 11.6 Å². The van der Waals surface area contributed by atoms with Crippen molar-refractivity contribution in [2.75, 3.05) is 0 Å². The Morgan fingerprint density at radius 1 is 1.19 bits per heavy atom. The van der Waals surface area contributed by atoms with E-state index in [0.717, 1.165) is 5.39 Å². The minimum absolute atomic E-state index is 0. The number of aromatic nitrogens is 1. The number of aromatic hydroxyl groups is 1. The molecule has 16 heavy (non-hydrogen) atoms. The molecule has 0 radical (unpaired) electrons. The van der Waals surface area contributed by atoms with E-state index in [1.807, 2.05) is 18.2 Å². The number of phenolic OH excluding ortho intramolecular Hbond substituents is 1. The Bertz CT molecular complexity index is 469. The van der Waals surface area contributed by atoms with Crippen LogP contribution in [0.2, 0.25) is 0 Å². The molecule has 1 aromatic heterocycles. The van der Waals surface area contributed by atoms with Crippen molar-refractivity contribution in [1.82, 2.24) is 4.98 Å². The monoisotopic (exact) mass is 230 g/mol. The molecule has 0 saturated carbocycles. The Morgan fingerprint density at radius 2 is 1.75 bits per heavy atom. The number of rotatable bonds is 0. The van der Waals surface area contributed by atoms with Gasteiger partial charge in [-0.2, -0.15) is 0 Å². The maximum absolute atomic E-state index is 9.31. The summed E-state index contributed by atoms with van der Waals surface area (Å²) in [6.45, 7) is 0. The maximum atomic E-state index is 9.31. The second-order valence-corrected chi connectivity index (χ2v) is 2.58. The zero-order valence-corrected chi connectivity index (χ0v) is 10.5. The van der Waals surface area contributed by atoms with Gasteiger partial charge in [0.2, 0.25) is 0 Å². The molecule has 2 aromatic rings. The van der Waals surface area contributed by atoms with Gasteiger partial charge in [0.05, 0.1) is 5.09 Å². The van der Waals surface area contributed by atoms with E-state index >= 15 is 0 Å². The summed E-state index contributed by atoms with van der Waals surface area (Å²) in [4.78, 5) is 12.3. The molecular formula is C9H7N2NaO4. The molecule has 1 aromatic carbocycles. The van der Waals surface area contributed by atoms with Gasteiger partial charge in [-0.05, 0) is 12.1 Å². The molecule has 0 aliphatic heterocycles. The van der Waals surface area contributed by atoms with Crippen LogP contribution in [-0.2, 0) is 0 Å². The SMILES string of the molecule is O=[N+]([O-])[O-].Oc1cccc2cccnc12.[Na+]. The normalized spacial score (nSPS) is 8.50. The largest absolute Gasteiger partial charge is 1.00 e. The van der Waals surface area contributed by atoms with Crippen molar-refractivity contribution >= 4 is 10.9 Å². The van der Waals surface area contributed by atoms with Crippen LogP contribution < -0.4 is 29.6 Å². The second kappa shape index (κ2) is 7.00. The van der Waals surface area contributed by atoms with Crippen molar-refractivity contribution in [3.63, 3.8) is 0 Å². The summed E-state index contributed by atoms with van der Waals surface area (Å²) in [6, 6.07) is 9.13. The minimum atomic E-state index is -1.75. The summed E-state index contributed by atoms with van der Waals surface area (Å²) in [7, 11) is 0. The van der Waals surface area contributed by atoms with Crippen LogP contribution in [0.25, 0.3) is 10.9 Å². The van der Waals surface area contributed by atoms with E-state index in [2.05, 4.69) is 4.98 Å². The van der Waals surface area contributed by atoms with Crippen LogP contribution in [0, 0.1) is 15.3 Å². The number of benzene rings is 1. The fourth-order valence-electron chi connectivity index (χ4n) is 1.09. The third-order valence-electron chi connectivity index (χ3n) is 1.61. The van der Waals surface area contributed by atoms with Gasteiger partial charge < -0.3 is 20.4 Å². The molecule has 0 saturated heterocycles. The van der Waals surface area contributed by atoms with Crippen LogP contribution in [0.4, 0.5) is 0 Å². The van der Waals surface area contributed by atoms with Crippen molar-refractivity contribution < 1.29 is 39.8 Å². The number of fused-ring (bicyclic) bond motifs is 1. The summed E-state index contributed by atoms with van der Waals surface area (Å²) in [5.74, 6) is 0.239. The summed E-state index contributed by atoms with van der Waals surface area (Å²) < 4.78 is 0. The van der Waals surface area contributed by atoms with E-state index in [-0.39, 0.29) is 35.3 Å². The average molecular weight is 230 g/mol. The molecule has 0 amide bonds. The predicted octanol–water partition coefficient (Wildman–Crippen LogP) is -1.29. The second-order valence-electron chi connectivity index (χ2n) is 2.58. The maximum Gasteiger partial charge on any atom is 1.00 e. The average Bonchev–Trinajstić information content (AvgIpc) is 2.18. The van der Waals surface area contributed by atoms with E-state index < -0.39 is 5.09 Å². The van der Waals surface area contributed by atoms with E-state index in [1.165, 1.54) is 0 Å². The van der Waals surface area contributed by atoms with Gasteiger partial charge in [-0.15, -0.1) is 0 Å². The van der Waals surface area contributed by atoms with Crippen molar-refractivity contribution in [1.29, 1.82) is 0 Å². The Kier molecular flexibility index (Phi) is 6.40. The number of para-hydroxylation sites is 1. The van der Waals surface area contributed by atoms with Crippen molar-refractivity contribution in [2.45, 2.75) is 0 Å². The molecule has 0 atom stereocenters. The van der Waals surface area contributed by atoms with Crippen LogP contribution in [-0.4, -0.2) is 15.2 Å². The molecule has 7 heteroatoms. The molecule has 1 N–H and O–H groups in total. The Hall–Kier alpha value is -1.37. The van der Waals surface area contributed by atoms with Gasteiger partial charge in [0.25, 0.3) is 0 Å². The number of pyridine rings is 1. The summed E-state index contributed by atoms with van der Waals surface area (Å²) in [6.07, 6.45) is 1.67. The van der Waals surface area contributed by atoms with Crippen LogP contribution in [0.15, 0.2) is 36.5 Å². The molecule has 0 spiro atoms. The molecule has 1 heterocycles. The first-order chi connectivity index (χ1) is 7.11. The van der Waals surface area contributed by atoms with E-state index in [0.29, 0.717) is 5.52 Å². The van der Waals surface area contributed by atoms with Crippen molar-refractivity contribution in [2.24, 2.45) is 0 Å². The first-order valence-corrected chi connectivity index (χ1v) is 3.95. The van der Waals surface area contributed by atoms with Crippen LogP contribution in [0.5, 0.6) is 5.75 Å². The zero-order valence-electron chi connectivity index (χ0n) is 8.53. The van der Waals surface area contributed by atoms with Crippen molar-refractivity contribution in [3.8, 4) is 5.75 Å². The first-order valence-electron chi connectivity index (χ1n) is 3.95. The van der Waals surface area contributed by atoms with Gasteiger partial charge in [-0.25, -0.2) is 0 Å². The van der Waals surface area contributed by atoms with Gasteiger partial charge in [0.15, 0.2) is 0 Å². The smallest absolute Gasteiger partial charge is 0.506 e. The van der Waals surface area contributed by atoms with Gasteiger partial charge in [0.1, 0.15) is 11.3 Å². The molecule has 0 aliphatic carbocycles. The van der Waals surface area contributed by atoms with Crippen LogP contribution in [0.3, 0.4) is 0 Å². The zero-order chi connectivity index (χ0) is 11.3. The van der Waals surface area contributed by atoms with E-state index in [4.69, 9.17) is 15.3 Å². The summed E-state index contributed by atoms with van der Waals surface area (Å²) in [5, 5.41) is 25.0. The van der Waals surface area contributed by atoms with Gasteiger partial charge >= 0.3 is 29.6 Å².